The molecule has 8 nitrogen and oxygen atoms in total. The number of nitrogen functional groups attached to an aromatic ring is 1. The van der Waals surface area contributed by atoms with Gasteiger partial charge in [-0.3, -0.25) is 0 Å². The van der Waals surface area contributed by atoms with Gasteiger partial charge in [-0.2, -0.15) is 28.4 Å². The summed E-state index contributed by atoms with van der Waals surface area (Å²) in [5, 5.41) is 12.2. The van der Waals surface area contributed by atoms with Crippen LogP contribution >= 0.6 is 11.6 Å². The Morgan fingerprint density at radius 3 is 2.49 bits per heavy atom. The molecule has 2 bridgehead atoms. The summed E-state index contributed by atoms with van der Waals surface area (Å²) in [5.74, 6) is -2.74. The van der Waals surface area contributed by atoms with Crippen LogP contribution in [0.4, 0.5) is 37.8 Å². The van der Waals surface area contributed by atoms with Crippen LogP contribution in [0.25, 0.3) is 22.0 Å². The molecular weight excluding hydrogens is 624 g/mol. The smallest absolute Gasteiger partial charge is 0.418 e. The Morgan fingerprint density at radius 2 is 1.84 bits per heavy atom. The lowest BCUT2D eigenvalue weighted by atomic mass is 9.81. The molecule has 240 valence electrons. The number of piperidine rings is 1. The predicted octanol–water partition coefficient (Wildman–Crippen LogP) is 5.70. The highest BCUT2D eigenvalue weighted by atomic mass is 35.5. The first kappa shape index (κ1) is 31.4. The Labute approximate surface area is 260 Å². The molecule has 0 spiro atoms. The molecule has 1 aromatic heterocycles. The molecule has 2 aromatic carbocycles. The summed E-state index contributed by atoms with van der Waals surface area (Å²) < 4.78 is 96.3. The SMILES string of the molecule is CN1CC[C@@H](F)[C@](C)(COc2nc(N3C[C@H]4CC[C@@H](C3)N4)c3cc(F)c(-c4c(C#N)c(N)cc(Cl)c4C(F)(F)F)c(F)c3n2)C1. The number of anilines is 2. The number of alkyl halides is 4. The number of nitrogens with one attached hydrogen (secondary N) is 1. The van der Waals surface area contributed by atoms with E-state index in [9.17, 15) is 18.4 Å². The van der Waals surface area contributed by atoms with E-state index in [1.807, 2.05) is 16.8 Å². The van der Waals surface area contributed by atoms with E-state index in [1.165, 1.54) is 6.07 Å². The molecule has 0 aliphatic carbocycles. The zero-order valence-corrected chi connectivity index (χ0v) is 25.2. The molecular formula is C30H30ClF6N7O. The van der Waals surface area contributed by atoms with Gasteiger partial charge in [-0.15, -0.1) is 0 Å². The molecule has 4 heterocycles. The fraction of sp³-hybridized carbons (Fsp3) is 0.500. The first-order chi connectivity index (χ1) is 21.2. The van der Waals surface area contributed by atoms with Gasteiger partial charge in [0.15, 0.2) is 5.82 Å². The fourth-order valence-electron chi connectivity index (χ4n) is 6.82. The Hall–Kier alpha value is -3.54. The van der Waals surface area contributed by atoms with Gasteiger partial charge in [0.2, 0.25) is 0 Å². The number of hydrogen-bond donors (Lipinski definition) is 2. The number of halogens is 7. The molecule has 3 aliphatic heterocycles. The van der Waals surface area contributed by atoms with E-state index < -0.39 is 67.9 Å². The highest BCUT2D eigenvalue weighted by Gasteiger charge is 2.42. The van der Waals surface area contributed by atoms with Crippen LogP contribution < -0.4 is 20.7 Å². The second kappa shape index (κ2) is 11.4. The normalized spacial score (nSPS) is 25.5. The number of aromatic nitrogens is 2. The van der Waals surface area contributed by atoms with Crippen LogP contribution in [-0.4, -0.2) is 73.0 Å². The number of ether oxygens (including phenoxy) is 1. The monoisotopic (exact) mass is 653 g/mol. The summed E-state index contributed by atoms with van der Waals surface area (Å²) in [4.78, 5) is 12.5. The summed E-state index contributed by atoms with van der Waals surface area (Å²) in [6.07, 6.45) is -4.34. The summed E-state index contributed by atoms with van der Waals surface area (Å²) in [5.41, 5.74) is -0.867. The van der Waals surface area contributed by atoms with Gasteiger partial charge in [0.25, 0.3) is 0 Å². The summed E-state index contributed by atoms with van der Waals surface area (Å²) in [6.45, 7) is 3.37. The zero-order valence-electron chi connectivity index (χ0n) is 24.4. The van der Waals surface area contributed by atoms with Crippen LogP contribution in [0.3, 0.4) is 0 Å². The van der Waals surface area contributed by atoms with Gasteiger partial charge in [-0.25, -0.2) is 13.2 Å². The number of piperazine rings is 1. The van der Waals surface area contributed by atoms with Gasteiger partial charge in [-0.1, -0.05) is 18.5 Å². The van der Waals surface area contributed by atoms with Gasteiger partial charge in [0.1, 0.15) is 36.0 Å². The molecule has 3 aromatic rings. The van der Waals surface area contributed by atoms with Crippen LogP contribution in [-0.2, 0) is 6.18 Å². The average molecular weight is 654 g/mol. The van der Waals surface area contributed by atoms with Gasteiger partial charge >= 0.3 is 12.2 Å². The van der Waals surface area contributed by atoms with E-state index >= 15 is 13.2 Å². The second-order valence-electron chi connectivity index (χ2n) is 12.4. The molecule has 0 unspecified atom stereocenters. The van der Waals surface area contributed by atoms with Crippen LogP contribution in [0.2, 0.25) is 5.02 Å². The van der Waals surface area contributed by atoms with E-state index in [-0.39, 0.29) is 42.3 Å². The van der Waals surface area contributed by atoms with Gasteiger partial charge < -0.3 is 25.6 Å². The first-order valence-electron chi connectivity index (χ1n) is 14.5. The lowest BCUT2D eigenvalue weighted by Gasteiger charge is -2.40. The summed E-state index contributed by atoms with van der Waals surface area (Å²) in [6, 6.07) is 2.95. The van der Waals surface area contributed by atoms with Crippen LogP contribution in [0.1, 0.15) is 37.3 Å². The summed E-state index contributed by atoms with van der Waals surface area (Å²) in [7, 11) is 1.85. The molecule has 3 aliphatic rings. The Kier molecular flexibility index (Phi) is 7.94. The standard InChI is InChI=1S/C30H30ClF6N7O/c1-29(12-43(2)6-5-21(29)33)13-45-28-41-26-16(27(42-28)44-10-14-3-4-15(11-44)40-14)7-19(32)23(25(26)34)22-17(9-38)20(39)8-18(31)24(22)30(35,36)37/h7-8,14-15,21,40H,3-6,10-13,39H2,1-2H3/t14-,15+,21-,29+/m1/s1. The molecule has 4 atom stereocenters. The largest absolute Gasteiger partial charge is 0.463 e. The van der Waals surface area contributed by atoms with E-state index in [2.05, 4.69) is 15.3 Å². The number of nitriles is 1. The van der Waals surface area contributed by atoms with E-state index in [4.69, 9.17) is 22.1 Å². The van der Waals surface area contributed by atoms with Crippen molar-refractivity contribution in [3.63, 3.8) is 0 Å². The number of nitrogens with zero attached hydrogens (tertiary/aromatic N) is 5. The highest BCUT2D eigenvalue weighted by molar-refractivity contribution is 6.32. The number of fused-ring (bicyclic) bond motifs is 3. The van der Waals surface area contributed by atoms with Crippen LogP contribution in [0.15, 0.2) is 12.1 Å². The number of likely N-dealkylation sites (tertiary alicyclic amines) is 1. The minimum Gasteiger partial charge on any atom is -0.463 e. The molecule has 45 heavy (non-hydrogen) atoms. The lowest BCUT2D eigenvalue weighted by Crippen LogP contribution is -2.51. The molecule has 3 fully saturated rings. The van der Waals surface area contributed by atoms with E-state index in [1.54, 1.807) is 6.92 Å². The molecule has 3 saturated heterocycles. The topological polar surface area (TPSA) is 103 Å². The lowest BCUT2D eigenvalue weighted by molar-refractivity contribution is -0.137. The minimum absolute atomic E-state index is 0.0954. The van der Waals surface area contributed by atoms with Crippen molar-refractivity contribution in [1.29, 1.82) is 5.26 Å². The molecule has 3 N–H and O–H groups in total. The van der Waals surface area contributed by atoms with Crippen molar-refractivity contribution in [2.45, 2.75) is 50.6 Å². The number of benzene rings is 2. The molecule has 0 amide bonds. The van der Waals surface area contributed by atoms with Crippen molar-refractivity contribution in [3.05, 3.63) is 39.9 Å². The van der Waals surface area contributed by atoms with Crippen LogP contribution in [0.5, 0.6) is 6.01 Å². The predicted molar refractivity (Wildman–Crippen MR) is 157 cm³/mol. The Bertz CT molecular complexity index is 1700. The number of rotatable bonds is 5. The van der Waals surface area contributed by atoms with Crippen molar-refractivity contribution in [2.75, 3.05) is 50.5 Å². The first-order valence-corrected chi connectivity index (χ1v) is 14.8. The Morgan fingerprint density at radius 1 is 1.16 bits per heavy atom. The van der Waals surface area contributed by atoms with Crippen molar-refractivity contribution >= 4 is 34.0 Å². The summed E-state index contributed by atoms with van der Waals surface area (Å²) >= 11 is 5.91. The fourth-order valence-corrected chi connectivity index (χ4v) is 7.14. The zero-order chi connectivity index (χ0) is 32.4. The Balaban J connectivity index is 1.55. The third kappa shape index (κ3) is 5.59. The van der Waals surface area contributed by atoms with Gasteiger partial charge in [0.05, 0.1) is 27.4 Å². The maximum atomic E-state index is 16.6. The quantitative estimate of drug-likeness (QED) is 0.267. The van der Waals surface area contributed by atoms with Crippen LogP contribution in [0, 0.1) is 28.4 Å². The third-order valence-electron chi connectivity index (χ3n) is 9.00. The van der Waals surface area contributed by atoms with Gasteiger partial charge in [0, 0.05) is 54.6 Å². The van der Waals surface area contributed by atoms with Crippen molar-refractivity contribution in [2.24, 2.45) is 5.41 Å². The third-order valence-corrected chi connectivity index (χ3v) is 9.29. The van der Waals surface area contributed by atoms with Crippen molar-refractivity contribution in [1.82, 2.24) is 20.2 Å². The number of nitrogens with two attached hydrogens (primary N) is 1. The van der Waals surface area contributed by atoms with E-state index in [0.29, 0.717) is 26.2 Å². The molecule has 6 rings (SSSR count). The number of hydrogen-bond acceptors (Lipinski definition) is 8. The van der Waals surface area contributed by atoms with E-state index in [0.717, 1.165) is 25.0 Å². The van der Waals surface area contributed by atoms with Crippen molar-refractivity contribution in [3.8, 4) is 23.2 Å². The maximum absolute atomic E-state index is 16.6. The molecule has 0 saturated carbocycles. The van der Waals surface area contributed by atoms with Crippen molar-refractivity contribution < 1.29 is 31.1 Å². The van der Waals surface area contributed by atoms with Gasteiger partial charge in [-0.05, 0) is 38.4 Å². The highest BCUT2D eigenvalue weighted by Crippen LogP contribution is 2.48. The molecule has 0 radical (unpaired) electrons. The minimum atomic E-state index is -5.20. The maximum Gasteiger partial charge on any atom is 0.418 e. The average Bonchev–Trinajstić information content (AvgIpc) is 3.30. The second-order valence-corrected chi connectivity index (χ2v) is 12.8. The molecule has 15 heteroatoms.